The molecular weight excluding hydrogens is 182 g/mol. The van der Waals surface area contributed by atoms with E-state index in [2.05, 4.69) is 27.4 Å². The quantitative estimate of drug-likeness (QED) is 0.617. The van der Waals surface area contributed by atoms with Crippen molar-refractivity contribution in [1.29, 1.82) is 0 Å². The molecule has 14 heavy (non-hydrogen) atoms. The van der Waals surface area contributed by atoms with Gasteiger partial charge in [-0.1, -0.05) is 0 Å². The number of aromatic nitrogens is 3. The first-order chi connectivity index (χ1) is 6.77. The molecule has 1 fully saturated rings. The van der Waals surface area contributed by atoms with E-state index in [1.807, 2.05) is 0 Å². The Morgan fingerprint density at radius 3 is 3.21 bits per heavy atom. The van der Waals surface area contributed by atoms with Crippen LogP contribution >= 0.6 is 0 Å². The highest BCUT2D eigenvalue weighted by Gasteiger charge is 2.22. The van der Waals surface area contributed by atoms with Crippen molar-refractivity contribution in [3.05, 3.63) is 12.2 Å². The van der Waals surface area contributed by atoms with Crippen LogP contribution in [-0.2, 0) is 0 Å². The zero-order valence-electron chi connectivity index (χ0n) is 8.03. The lowest BCUT2D eigenvalue weighted by molar-refractivity contribution is 0.0697. The monoisotopic (exact) mass is 195 g/mol. The summed E-state index contributed by atoms with van der Waals surface area (Å²) >= 11 is 0. The van der Waals surface area contributed by atoms with Gasteiger partial charge < -0.3 is 10.2 Å². The fourth-order valence-corrected chi connectivity index (χ4v) is 1.58. The van der Waals surface area contributed by atoms with E-state index in [0.29, 0.717) is 11.9 Å². The van der Waals surface area contributed by atoms with E-state index < -0.39 is 0 Å². The number of hydrogen-bond acceptors (Lipinski definition) is 4. The topological polar surface area (TPSA) is 73.9 Å². The molecule has 1 aliphatic heterocycles. The number of amides is 1. The van der Waals surface area contributed by atoms with Crippen molar-refractivity contribution < 1.29 is 4.79 Å². The molecule has 1 aromatic heterocycles. The van der Waals surface area contributed by atoms with Gasteiger partial charge in [-0.25, -0.2) is 4.98 Å². The van der Waals surface area contributed by atoms with Crippen LogP contribution in [0.5, 0.6) is 0 Å². The molecule has 0 saturated carbocycles. The van der Waals surface area contributed by atoms with Gasteiger partial charge in [0, 0.05) is 25.7 Å². The van der Waals surface area contributed by atoms with E-state index in [4.69, 9.17) is 0 Å². The average molecular weight is 195 g/mol. The molecule has 76 valence electrons. The minimum atomic E-state index is -0.0733. The van der Waals surface area contributed by atoms with E-state index in [1.54, 1.807) is 4.90 Å². The summed E-state index contributed by atoms with van der Waals surface area (Å²) in [7, 11) is 0. The lowest BCUT2D eigenvalue weighted by atomic mass is 10.2. The van der Waals surface area contributed by atoms with E-state index >= 15 is 0 Å². The summed E-state index contributed by atoms with van der Waals surface area (Å²) in [5.41, 5.74) is 0. The molecule has 2 rings (SSSR count). The first-order valence-electron chi connectivity index (χ1n) is 4.65. The first-order valence-corrected chi connectivity index (χ1v) is 4.65. The Bertz CT molecular complexity index is 310. The molecule has 0 aromatic carbocycles. The van der Waals surface area contributed by atoms with Gasteiger partial charge in [0.25, 0.3) is 5.91 Å². The van der Waals surface area contributed by atoms with Crippen LogP contribution in [0.2, 0.25) is 0 Å². The van der Waals surface area contributed by atoms with Crippen LogP contribution in [0.25, 0.3) is 0 Å². The Kier molecular flexibility index (Phi) is 2.45. The number of carbonyl (C=O) groups is 1. The minimum Gasteiger partial charge on any atom is -0.333 e. The average Bonchev–Trinajstić information content (AvgIpc) is 2.69. The highest BCUT2D eigenvalue weighted by Crippen LogP contribution is 2.02. The SMILES string of the molecule is C[C@@H]1CN(C(=O)c2ncn[nH]2)CCN1. The van der Waals surface area contributed by atoms with Crippen molar-refractivity contribution in [2.45, 2.75) is 13.0 Å². The van der Waals surface area contributed by atoms with Crippen molar-refractivity contribution in [2.24, 2.45) is 0 Å². The van der Waals surface area contributed by atoms with Crippen LogP contribution in [0.4, 0.5) is 0 Å². The molecular formula is C8H13N5O. The van der Waals surface area contributed by atoms with Gasteiger partial charge in [-0.2, -0.15) is 5.10 Å². The molecule has 0 aliphatic carbocycles. The third-order valence-corrected chi connectivity index (χ3v) is 2.27. The highest BCUT2D eigenvalue weighted by atomic mass is 16.2. The molecule has 2 N–H and O–H groups in total. The van der Waals surface area contributed by atoms with Crippen LogP contribution < -0.4 is 5.32 Å². The number of hydrogen-bond donors (Lipinski definition) is 2. The minimum absolute atomic E-state index is 0.0733. The Morgan fingerprint density at radius 2 is 2.57 bits per heavy atom. The Labute approximate surface area is 81.7 Å². The van der Waals surface area contributed by atoms with E-state index in [-0.39, 0.29) is 5.91 Å². The maximum Gasteiger partial charge on any atom is 0.291 e. The normalized spacial score (nSPS) is 22.4. The van der Waals surface area contributed by atoms with Crippen molar-refractivity contribution in [1.82, 2.24) is 25.4 Å². The third-order valence-electron chi connectivity index (χ3n) is 2.27. The van der Waals surface area contributed by atoms with Gasteiger partial charge >= 0.3 is 0 Å². The standard InChI is InChI=1S/C8H13N5O/c1-6-4-13(3-2-9-6)8(14)7-10-5-11-12-7/h5-6,9H,2-4H2,1H3,(H,10,11,12)/t6-/m1/s1. The molecule has 1 saturated heterocycles. The number of nitrogens with one attached hydrogen (secondary N) is 2. The van der Waals surface area contributed by atoms with Crippen LogP contribution in [0, 0.1) is 0 Å². The fourth-order valence-electron chi connectivity index (χ4n) is 1.58. The van der Waals surface area contributed by atoms with Gasteiger partial charge in [0.05, 0.1) is 0 Å². The summed E-state index contributed by atoms with van der Waals surface area (Å²) in [6.07, 6.45) is 1.35. The predicted octanol–water partition coefficient (Wildman–Crippen LogP) is -0.761. The Hall–Kier alpha value is -1.43. The summed E-state index contributed by atoms with van der Waals surface area (Å²) in [5.74, 6) is 0.245. The van der Waals surface area contributed by atoms with Gasteiger partial charge in [-0.3, -0.25) is 9.89 Å². The second-order valence-electron chi connectivity index (χ2n) is 3.44. The zero-order chi connectivity index (χ0) is 9.97. The fraction of sp³-hybridized carbons (Fsp3) is 0.625. The second-order valence-corrected chi connectivity index (χ2v) is 3.44. The number of aromatic amines is 1. The number of rotatable bonds is 1. The molecule has 1 amide bonds. The van der Waals surface area contributed by atoms with Crippen LogP contribution in [-0.4, -0.2) is 51.7 Å². The summed E-state index contributed by atoms with van der Waals surface area (Å²) in [6, 6.07) is 0.343. The van der Waals surface area contributed by atoms with Gasteiger partial charge in [0.1, 0.15) is 6.33 Å². The zero-order valence-corrected chi connectivity index (χ0v) is 8.03. The summed E-state index contributed by atoms with van der Waals surface area (Å²) in [4.78, 5) is 17.4. The summed E-state index contributed by atoms with van der Waals surface area (Å²) in [6.45, 7) is 4.34. The molecule has 0 unspecified atom stereocenters. The predicted molar refractivity (Wildman–Crippen MR) is 49.8 cm³/mol. The van der Waals surface area contributed by atoms with Crippen LogP contribution in [0.1, 0.15) is 17.5 Å². The van der Waals surface area contributed by atoms with Crippen LogP contribution in [0.3, 0.4) is 0 Å². The number of piperazine rings is 1. The molecule has 0 radical (unpaired) electrons. The lowest BCUT2D eigenvalue weighted by Gasteiger charge is -2.31. The molecule has 1 aromatic rings. The second kappa shape index (κ2) is 3.75. The summed E-state index contributed by atoms with van der Waals surface area (Å²) in [5, 5.41) is 9.51. The van der Waals surface area contributed by atoms with Gasteiger partial charge in [0.2, 0.25) is 5.82 Å². The van der Waals surface area contributed by atoms with E-state index in [9.17, 15) is 4.79 Å². The van der Waals surface area contributed by atoms with Gasteiger partial charge in [-0.15, -0.1) is 0 Å². The van der Waals surface area contributed by atoms with Crippen molar-refractivity contribution in [3.8, 4) is 0 Å². The first kappa shape index (κ1) is 9.14. The maximum atomic E-state index is 11.8. The lowest BCUT2D eigenvalue weighted by Crippen LogP contribution is -2.51. The molecule has 0 spiro atoms. The van der Waals surface area contributed by atoms with Gasteiger partial charge in [0.15, 0.2) is 0 Å². The molecule has 1 atom stereocenters. The number of H-pyrrole nitrogens is 1. The number of nitrogens with zero attached hydrogens (tertiary/aromatic N) is 3. The molecule has 1 aliphatic rings. The maximum absolute atomic E-state index is 11.8. The number of carbonyl (C=O) groups excluding carboxylic acids is 1. The van der Waals surface area contributed by atoms with Crippen molar-refractivity contribution in [2.75, 3.05) is 19.6 Å². The van der Waals surface area contributed by atoms with Crippen molar-refractivity contribution in [3.63, 3.8) is 0 Å². The highest BCUT2D eigenvalue weighted by molar-refractivity contribution is 5.90. The largest absolute Gasteiger partial charge is 0.333 e. The smallest absolute Gasteiger partial charge is 0.291 e. The molecule has 2 heterocycles. The molecule has 6 heteroatoms. The summed E-state index contributed by atoms with van der Waals surface area (Å²) < 4.78 is 0. The van der Waals surface area contributed by atoms with Crippen LogP contribution in [0.15, 0.2) is 6.33 Å². The van der Waals surface area contributed by atoms with Crippen molar-refractivity contribution >= 4 is 5.91 Å². The molecule has 6 nitrogen and oxygen atoms in total. The van der Waals surface area contributed by atoms with Gasteiger partial charge in [-0.05, 0) is 6.92 Å². The Morgan fingerprint density at radius 1 is 1.71 bits per heavy atom. The Balaban J connectivity index is 2.04. The third kappa shape index (κ3) is 1.74. The van der Waals surface area contributed by atoms with E-state index in [0.717, 1.165) is 19.6 Å². The van der Waals surface area contributed by atoms with E-state index in [1.165, 1.54) is 6.33 Å². The molecule has 0 bridgehead atoms.